The van der Waals surface area contributed by atoms with Gasteiger partial charge in [-0.15, -0.1) is 10.2 Å². The molecule has 0 bridgehead atoms. The summed E-state index contributed by atoms with van der Waals surface area (Å²) in [5.74, 6) is 2.13. The second-order valence-electron chi connectivity index (χ2n) is 7.24. The van der Waals surface area contributed by atoms with E-state index in [1.807, 2.05) is 6.07 Å². The van der Waals surface area contributed by atoms with Crippen molar-refractivity contribution in [2.75, 3.05) is 20.0 Å². The Balaban J connectivity index is 1.27. The molecule has 8 nitrogen and oxygen atoms in total. The van der Waals surface area contributed by atoms with Crippen LogP contribution in [0.5, 0.6) is 11.5 Å². The van der Waals surface area contributed by atoms with E-state index in [1.54, 1.807) is 38.1 Å². The summed E-state index contributed by atoms with van der Waals surface area (Å²) in [4.78, 5) is 22.9. The van der Waals surface area contributed by atoms with Crippen molar-refractivity contribution in [2.45, 2.75) is 30.9 Å². The van der Waals surface area contributed by atoms with Crippen LogP contribution in [0.25, 0.3) is 11.5 Å². The largest absolute Gasteiger partial charge is 0.493 e. The Hall–Kier alpha value is -2.59. The summed E-state index contributed by atoms with van der Waals surface area (Å²) in [6.07, 6.45) is 4.36. The highest BCUT2D eigenvalue weighted by molar-refractivity contribution is 8.17. The van der Waals surface area contributed by atoms with Crippen molar-refractivity contribution < 1.29 is 18.7 Å². The summed E-state index contributed by atoms with van der Waals surface area (Å²) >= 11 is 2.97. The topological polar surface area (TPSA) is 99.2 Å². The van der Waals surface area contributed by atoms with Crippen LogP contribution in [0.15, 0.2) is 48.3 Å². The van der Waals surface area contributed by atoms with Crippen molar-refractivity contribution in [1.82, 2.24) is 10.2 Å². The molecule has 3 heterocycles. The number of thioether (sulfide) groups is 2. The quantitative estimate of drug-likeness (QED) is 0.591. The van der Waals surface area contributed by atoms with E-state index in [1.165, 1.54) is 28.7 Å². The van der Waals surface area contributed by atoms with Crippen molar-refractivity contribution in [3.05, 3.63) is 28.7 Å². The molecule has 0 spiro atoms. The number of benzene rings is 1. The molecule has 1 aliphatic carbocycles. The second-order valence-corrected chi connectivity index (χ2v) is 9.28. The molecule has 0 N–H and O–H groups in total. The van der Waals surface area contributed by atoms with Gasteiger partial charge in [0.05, 0.1) is 25.0 Å². The standard InChI is InChI=1S/C21H20N4O4S2/c1-27-13-8-7-11(9-14(13)28-2)19-24-25-21(29-19)30-10-16-22-18(26)17-12-5-3-4-6-15(12)31-20(17)23-16/h7-9,17H,3-6,10H2,1-2H3. The number of amides is 1. The molecule has 1 aromatic carbocycles. The van der Waals surface area contributed by atoms with Crippen LogP contribution in [0.2, 0.25) is 0 Å². The number of allylic oxidation sites excluding steroid dienone is 1. The second kappa shape index (κ2) is 8.51. The third-order valence-corrected chi connectivity index (χ3v) is 7.43. The van der Waals surface area contributed by atoms with Crippen molar-refractivity contribution in [2.24, 2.45) is 15.9 Å². The molecule has 2 aliphatic heterocycles. The Morgan fingerprint density at radius 1 is 1.13 bits per heavy atom. The number of fused-ring (bicyclic) bond motifs is 2. The minimum absolute atomic E-state index is 0.100. The molecule has 160 valence electrons. The first kappa shape index (κ1) is 20.3. The molecule has 10 heteroatoms. The summed E-state index contributed by atoms with van der Waals surface area (Å²) < 4.78 is 16.3. The van der Waals surface area contributed by atoms with Crippen molar-refractivity contribution >= 4 is 40.3 Å². The van der Waals surface area contributed by atoms with E-state index in [9.17, 15) is 4.79 Å². The lowest BCUT2D eigenvalue weighted by Gasteiger charge is -2.18. The monoisotopic (exact) mass is 456 g/mol. The molecule has 0 saturated heterocycles. The first-order chi connectivity index (χ1) is 15.2. The molecule has 3 aliphatic rings. The maximum Gasteiger partial charge on any atom is 0.277 e. The lowest BCUT2D eigenvalue weighted by molar-refractivity contribution is -0.118. The zero-order valence-corrected chi connectivity index (χ0v) is 18.7. The van der Waals surface area contributed by atoms with Crippen LogP contribution in [0.3, 0.4) is 0 Å². The Morgan fingerprint density at radius 3 is 2.81 bits per heavy atom. The number of hydrogen-bond acceptors (Lipinski definition) is 9. The molecular formula is C21H20N4O4S2. The summed E-state index contributed by atoms with van der Waals surface area (Å²) in [7, 11) is 3.15. The number of hydrogen-bond donors (Lipinski definition) is 0. The number of methoxy groups -OCH3 is 2. The molecule has 0 fully saturated rings. The first-order valence-electron chi connectivity index (χ1n) is 9.94. The number of amidine groups is 1. The zero-order valence-electron chi connectivity index (χ0n) is 17.1. The fourth-order valence-corrected chi connectivity index (χ4v) is 5.87. The van der Waals surface area contributed by atoms with Gasteiger partial charge in [-0.1, -0.05) is 23.5 Å². The fourth-order valence-electron chi connectivity index (χ4n) is 3.89. The van der Waals surface area contributed by atoms with Gasteiger partial charge < -0.3 is 13.9 Å². The van der Waals surface area contributed by atoms with E-state index in [-0.39, 0.29) is 11.8 Å². The van der Waals surface area contributed by atoms with E-state index < -0.39 is 0 Å². The van der Waals surface area contributed by atoms with Gasteiger partial charge in [0.1, 0.15) is 11.8 Å². The van der Waals surface area contributed by atoms with E-state index in [4.69, 9.17) is 13.9 Å². The van der Waals surface area contributed by atoms with Gasteiger partial charge in [-0.05, 0) is 54.4 Å². The third-order valence-electron chi connectivity index (χ3n) is 5.37. The van der Waals surface area contributed by atoms with Gasteiger partial charge in [0.15, 0.2) is 11.5 Å². The molecule has 0 radical (unpaired) electrons. The van der Waals surface area contributed by atoms with Gasteiger partial charge in [0.25, 0.3) is 11.1 Å². The van der Waals surface area contributed by atoms with E-state index >= 15 is 0 Å². The van der Waals surface area contributed by atoms with Gasteiger partial charge in [-0.3, -0.25) is 4.79 Å². The van der Waals surface area contributed by atoms with Gasteiger partial charge in [-0.25, -0.2) is 4.99 Å². The van der Waals surface area contributed by atoms with Gasteiger partial charge >= 0.3 is 0 Å². The van der Waals surface area contributed by atoms with Crippen LogP contribution in [-0.4, -0.2) is 47.0 Å². The summed E-state index contributed by atoms with van der Waals surface area (Å²) in [6.45, 7) is 0. The van der Waals surface area contributed by atoms with Crippen LogP contribution in [0, 0.1) is 5.92 Å². The fraction of sp³-hybridized carbons (Fsp3) is 0.381. The van der Waals surface area contributed by atoms with Crippen LogP contribution in [0.1, 0.15) is 25.7 Å². The highest BCUT2D eigenvalue weighted by Crippen LogP contribution is 2.47. The summed E-state index contributed by atoms with van der Waals surface area (Å²) in [5.41, 5.74) is 1.97. The number of ether oxygens (including phenoxy) is 2. The van der Waals surface area contributed by atoms with Crippen molar-refractivity contribution in [3.8, 4) is 23.0 Å². The predicted octanol–water partition coefficient (Wildman–Crippen LogP) is 4.37. The predicted molar refractivity (Wildman–Crippen MR) is 120 cm³/mol. The summed E-state index contributed by atoms with van der Waals surface area (Å²) in [5, 5.41) is 9.46. The molecule has 31 heavy (non-hydrogen) atoms. The number of carbonyl (C=O) groups excluding carboxylic acids is 1. The van der Waals surface area contributed by atoms with E-state index in [0.717, 1.165) is 29.9 Å². The molecule has 1 unspecified atom stereocenters. The number of carbonyl (C=O) groups is 1. The first-order valence-corrected chi connectivity index (χ1v) is 11.7. The highest BCUT2D eigenvalue weighted by Gasteiger charge is 2.40. The van der Waals surface area contributed by atoms with E-state index in [2.05, 4.69) is 20.2 Å². The smallest absolute Gasteiger partial charge is 0.277 e. The molecular weight excluding hydrogens is 436 g/mol. The SMILES string of the molecule is COc1ccc(-c2nnc(SCC3=NC(=O)C4C(=N3)SC3=C4CCCC3)o2)cc1OC. The Bertz CT molecular complexity index is 1140. The molecule has 0 saturated carbocycles. The minimum atomic E-state index is -0.242. The Morgan fingerprint density at radius 2 is 1.97 bits per heavy atom. The van der Waals surface area contributed by atoms with Crippen molar-refractivity contribution in [3.63, 3.8) is 0 Å². The number of nitrogens with zero attached hydrogens (tertiary/aromatic N) is 4. The van der Waals surface area contributed by atoms with Crippen molar-refractivity contribution in [1.29, 1.82) is 0 Å². The number of rotatable bonds is 6. The lowest BCUT2D eigenvalue weighted by atomic mass is 9.89. The number of aromatic nitrogens is 2. The van der Waals surface area contributed by atoms with Crippen LogP contribution >= 0.6 is 23.5 Å². The maximum atomic E-state index is 12.7. The van der Waals surface area contributed by atoms with Gasteiger partial charge in [0, 0.05) is 5.56 Å². The average Bonchev–Trinajstić information content (AvgIpc) is 3.42. The van der Waals surface area contributed by atoms with Crippen LogP contribution in [-0.2, 0) is 4.79 Å². The third kappa shape index (κ3) is 3.89. The molecule has 1 amide bonds. The normalized spacial score (nSPS) is 20.2. The molecule has 5 rings (SSSR count). The molecule has 2 aromatic rings. The average molecular weight is 457 g/mol. The van der Waals surface area contributed by atoms with Crippen LogP contribution < -0.4 is 9.47 Å². The lowest BCUT2D eigenvalue weighted by Crippen LogP contribution is -2.26. The molecule has 1 aromatic heterocycles. The van der Waals surface area contributed by atoms with Gasteiger partial charge in [-0.2, -0.15) is 4.99 Å². The highest BCUT2D eigenvalue weighted by atomic mass is 32.2. The van der Waals surface area contributed by atoms with Gasteiger partial charge in [0.2, 0.25) is 5.89 Å². The minimum Gasteiger partial charge on any atom is -0.493 e. The summed E-state index contributed by atoms with van der Waals surface area (Å²) in [6, 6.07) is 5.39. The Labute approximate surface area is 187 Å². The van der Waals surface area contributed by atoms with Crippen LogP contribution in [0.4, 0.5) is 0 Å². The Kier molecular flexibility index (Phi) is 5.58. The number of aliphatic imine (C=N–C) groups is 2. The maximum absolute atomic E-state index is 12.7. The van der Waals surface area contributed by atoms with E-state index in [0.29, 0.717) is 34.2 Å². The zero-order chi connectivity index (χ0) is 21.4. The molecule has 1 atom stereocenters.